The van der Waals surface area contributed by atoms with Gasteiger partial charge in [-0.2, -0.15) is 5.10 Å². The number of aromatic amines is 1. The van der Waals surface area contributed by atoms with Crippen LogP contribution in [0, 0.1) is 5.92 Å². The molecule has 0 aliphatic heterocycles. The van der Waals surface area contributed by atoms with Crippen LogP contribution in [-0.2, 0) is 12.8 Å². The van der Waals surface area contributed by atoms with Gasteiger partial charge in [-0.3, -0.25) is 9.89 Å². The minimum atomic E-state index is -0.424. The van der Waals surface area contributed by atoms with Crippen molar-refractivity contribution in [1.29, 1.82) is 0 Å². The standard InChI is InChI=1S/C9H13N3O/c1-5-2-3-6-7(4-5)11-12-8(6)9(10)13/h5H,2-4H2,1H3,(H2,10,13)(H,11,12). The second kappa shape index (κ2) is 2.87. The molecule has 0 saturated carbocycles. The Morgan fingerprint density at radius 1 is 1.69 bits per heavy atom. The zero-order valence-electron chi connectivity index (χ0n) is 7.63. The van der Waals surface area contributed by atoms with E-state index in [1.54, 1.807) is 0 Å². The first-order valence-electron chi connectivity index (χ1n) is 4.54. The molecule has 0 spiro atoms. The van der Waals surface area contributed by atoms with Crippen molar-refractivity contribution in [3.05, 3.63) is 17.0 Å². The van der Waals surface area contributed by atoms with Crippen LogP contribution in [0.2, 0.25) is 0 Å². The van der Waals surface area contributed by atoms with E-state index in [0.717, 1.165) is 30.5 Å². The van der Waals surface area contributed by atoms with E-state index in [1.807, 2.05) is 0 Å². The minimum Gasteiger partial charge on any atom is -0.364 e. The lowest BCUT2D eigenvalue weighted by molar-refractivity contribution is 0.0994. The molecule has 2 rings (SSSR count). The number of carbonyl (C=O) groups excluding carboxylic acids is 1. The Morgan fingerprint density at radius 2 is 2.46 bits per heavy atom. The predicted octanol–water partition coefficient (Wildman–Crippen LogP) is 0.633. The van der Waals surface area contributed by atoms with Gasteiger partial charge in [0.15, 0.2) is 5.69 Å². The molecule has 4 heteroatoms. The van der Waals surface area contributed by atoms with E-state index in [-0.39, 0.29) is 0 Å². The fourth-order valence-electron chi connectivity index (χ4n) is 1.88. The Balaban J connectivity index is 2.39. The highest BCUT2D eigenvalue weighted by Gasteiger charge is 2.22. The minimum absolute atomic E-state index is 0.424. The number of aromatic nitrogens is 2. The van der Waals surface area contributed by atoms with Crippen LogP contribution in [-0.4, -0.2) is 16.1 Å². The number of primary amides is 1. The van der Waals surface area contributed by atoms with Crippen LogP contribution in [0.15, 0.2) is 0 Å². The SMILES string of the molecule is CC1CCc2c(C(N)=O)n[nH]c2C1. The first kappa shape index (κ1) is 8.29. The normalized spacial score (nSPS) is 21.2. The number of hydrogen-bond acceptors (Lipinski definition) is 2. The van der Waals surface area contributed by atoms with Crippen molar-refractivity contribution < 1.29 is 4.79 Å². The second-order valence-corrected chi connectivity index (χ2v) is 3.74. The number of amides is 1. The van der Waals surface area contributed by atoms with E-state index in [4.69, 9.17) is 5.73 Å². The third-order valence-corrected chi connectivity index (χ3v) is 2.63. The van der Waals surface area contributed by atoms with E-state index in [2.05, 4.69) is 17.1 Å². The Labute approximate surface area is 76.5 Å². The topological polar surface area (TPSA) is 71.8 Å². The first-order valence-corrected chi connectivity index (χ1v) is 4.54. The summed E-state index contributed by atoms with van der Waals surface area (Å²) in [5.41, 5.74) is 7.75. The smallest absolute Gasteiger partial charge is 0.269 e. The molecule has 13 heavy (non-hydrogen) atoms. The summed E-state index contributed by atoms with van der Waals surface area (Å²) in [4.78, 5) is 11.0. The molecule has 4 nitrogen and oxygen atoms in total. The zero-order chi connectivity index (χ0) is 9.42. The van der Waals surface area contributed by atoms with Gasteiger partial charge in [0.05, 0.1) is 0 Å². The van der Waals surface area contributed by atoms with Crippen LogP contribution >= 0.6 is 0 Å². The Bertz CT molecular complexity index is 343. The average molecular weight is 179 g/mol. The van der Waals surface area contributed by atoms with Crippen LogP contribution in [0.3, 0.4) is 0 Å². The molecular formula is C9H13N3O. The number of nitrogens with zero attached hydrogens (tertiary/aromatic N) is 1. The van der Waals surface area contributed by atoms with Gasteiger partial charge in [0.25, 0.3) is 5.91 Å². The molecule has 1 amide bonds. The predicted molar refractivity (Wildman–Crippen MR) is 48.3 cm³/mol. The molecule has 1 heterocycles. The van der Waals surface area contributed by atoms with Gasteiger partial charge < -0.3 is 5.73 Å². The fourth-order valence-corrected chi connectivity index (χ4v) is 1.88. The molecule has 1 unspecified atom stereocenters. The molecule has 1 aromatic heterocycles. The van der Waals surface area contributed by atoms with Gasteiger partial charge in [0.1, 0.15) is 0 Å². The van der Waals surface area contributed by atoms with Crippen LogP contribution in [0.1, 0.15) is 35.1 Å². The van der Waals surface area contributed by atoms with Crippen molar-refractivity contribution in [3.8, 4) is 0 Å². The van der Waals surface area contributed by atoms with Crippen LogP contribution in [0.4, 0.5) is 0 Å². The van der Waals surface area contributed by atoms with Gasteiger partial charge in [-0.15, -0.1) is 0 Å². The summed E-state index contributed by atoms with van der Waals surface area (Å²) in [6.45, 7) is 2.20. The quantitative estimate of drug-likeness (QED) is 0.663. The maximum atomic E-state index is 11.0. The third-order valence-electron chi connectivity index (χ3n) is 2.63. The van der Waals surface area contributed by atoms with Crippen molar-refractivity contribution >= 4 is 5.91 Å². The average Bonchev–Trinajstić information content (AvgIpc) is 2.46. The first-order chi connectivity index (χ1) is 6.18. The zero-order valence-corrected chi connectivity index (χ0v) is 7.63. The highest BCUT2D eigenvalue weighted by molar-refractivity contribution is 5.92. The molecule has 70 valence electrons. The maximum absolute atomic E-state index is 11.0. The van der Waals surface area contributed by atoms with Gasteiger partial charge in [0.2, 0.25) is 0 Å². The van der Waals surface area contributed by atoms with Gasteiger partial charge in [-0.1, -0.05) is 6.92 Å². The summed E-state index contributed by atoms with van der Waals surface area (Å²) < 4.78 is 0. The van der Waals surface area contributed by atoms with Crippen molar-refractivity contribution in [2.75, 3.05) is 0 Å². The largest absolute Gasteiger partial charge is 0.364 e. The lowest BCUT2D eigenvalue weighted by Gasteiger charge is -2.17. The summed E-state index contributed by atoms with van der Waals surface area (Å²) in [5, 5.41) is 6.82. The molecule has 0 saturated heterocycles. The monoisotopic (exact) mass is 179 g/mol. The summed E-state index contributed by atoms with van der Waals surface area (Å²) in [6.07, 6.45) is 3.02. The highest BCUT2D eigenvalue weighted by Crippen LogP contribution is 2.25. The summed E-state index contributed by atoms with van der Waals surface area (Å²) in [7, 11) is 0. The molecule has 1 aromatic rings. The number of H-pyrrole nitrogens is 1. The van der Waals surface area contributed by atoms with Gasteiger partial charge in [0, 0.05) is 11.3 Å². The van der Waals surface area contributed by atoms with Gasteiger partial charge in [-0.05, 0) is 25.2 Å². The molecule has 0 bridgehead atoms. The highest BCUT2D eigenvalue weighted by atomic mass is 16.1. The lowest BCUT2D eigenvalue weighted by Crippen LogP contribution is -2.17. The van der Waals surface area contributed by atoms with Crippen molar-refractivity contribution in [2.45, 2.75) is 26.2 Å². The molecule has 1 aliphatic rings. The Hall–Kier alpha value is -1.32. The van der Waals surface area contributed by atoms with E-state index in [9.17, 15) is 4.79 Å². The van der Waals surface area contributed by atoms with Gasteiger partial charge >= 0.3 is 0 Å². The Morgan fingerprint density at radius 3 is 3.15 bits per heavy atom. The third kappa shape index (κ3) is 1.32. The number of fused-ring (bicyclic) bond motifs is 1. The van der Waals surface area contributed by atoms with Gasteiger partial charge in [-0.25, -0.2) is 0 Å². The maximum Gasteiger partial charge on any atom is 0.269 e. The summed E-state index contributed by atoms with van der Waals surface area (Å²) in [6, 6.07) is 0. The molecule has 3 N–H and O–H groups in total. The van der Waals surface area contributed by atoms with Crippen LogP contribution in [0.25, 0.3) is 0 Å². The molecule has 1 atom stereocenters. The lowest BCUT2D eigenvalue weighted by atomic mass is 9.88. The number of hydrogen-bond donors (Lipinski definition) is 2. The molecule has 1 aliphatic carbocycles. The number of carbonyl (C=O) groups is 1. The van der Waals surface area contributed by atoms with Crippen LogP contribution in [0.5, 0.6) is 0 Å². The molecular weight excluding hydrogens is 166 g/mol. The fraction of sp³-hybridized carbons (Fsp3) is 0.556. The summed E-state index contributed by atoms with van der Waals surface area (Å²) in [5.74, 6) is 0.251. The van der Waals surface area contributed by atoms with Crippen molar-refractivity contribution in [2.24, 2.45) is 11.7 Å². The van der Waals surface area contributed by atoms with E-state index in [0.29, 0.717) is 11.6 Å². The van der Waals surface area contributed by atoms with Crippen molar-refractivity contribution in [1.82, 2.24) is 10.2 Å². The number of rotatable bonds is 1. The van der Waals surface area contributed by atoms with E-state index >= 15 is 0 Å². The second-order valence-electron chi connectivity index (χ2n) is 3.74. The molecule has 0 aromatic carbocycles. The van der Waals surface area contributed by atoms with Crippen LogP contribution < -0.4 is 5.73 Å². The molecule has 0 radical (unpaired) electrons. The van der Waals surface area contributed by atoms with E-state index in [1.165, 1.54) is 0 Å². The number of nitrogens with one attached hydrogen (secondary N) is 1. The number of nitrogens with two attached hydrogens (primary N) is 1. The Kier molecular flexibility index (Phi) is 1.83. The van der Waals surface area contributed by atoms with Crippen molar-refractivity contribution in [3.63, 3.8) is 0 Å². The molecule has 0 fully saturated rings. The van der Waals surface area contributed by atoms with E-state index < -0.39 is 5.91 Å². The summed E-state index contributed by atoms with van der Waals surface area (Å²) >= 11 is 0.